The van der Waals surface area contributed by atoms with E-state index in [9.17, 15) is 4.79 Å². The highest BCUT2D eigenvalue weighted by Gasteiger charge is 2.24. The minimum Gasteiger partial charge on any atom is -0.479 e. The van der Waals surface area contributed by atoms with Crippen molar-refractivity contribution in [2.45, 2.75) is 63.7 Å². The Balaban J connectivity index is 1.63. The summed E-state index contributed by atoms with van der Waals surface area (Å²) in [6.07, 6.45) is 9.49. The fourth-order valence-corrected chi connectivity index (χ4v) is 3.67. The van der Waals surface area contributed by atoms with Crippen LogP contribution in [0.25, 0.3) is 11.6 Å². The third-order valence-corrected chi connectivity index (χ3v) is 5.16. The Morgan fingerprint density at radius 3 is 2.85 bits per heavy atom. The van der Waals surface area contributed by atoms with E-state index in [2.05, 4.69) is 15.3 Å². The molecule has 0 bridgehead atoms. The molecule has 2 N–H and O–H groups in total. The Morgan fingerprint density at radius 2 is 2.15 bits per heavy atom. The second kappa shape index (κ2) is 9.50. The molecule has 1 atom stereocenters. The zero-order valence-electron chi connectivity index (χ0n) is 15.5. The van der Waals surface area contributed by atoms with Crippen molar-refractivity contribution in [1.82, 2.24) is 20.8 Å². The average molecular weight is 378 g/mol. The van der Waals surface area contributed by atoms with Gasteiger partial charge in [-0.15, -0.1) is 0 Å². The largest absolute Gasteiger partial charge is 0.479 e. The van der Waals surface area contributed by atoms with E-state index in [0.29, 0.717) is 17.5 Å². The molecule has 0 aliphatic heterocycles. The van der Waals surface area contributed by atoms with Crippen LogP contribution in [0.5, 0.6) is 5.88 Å². The van der Waals surface area contributed by atoms with Crippen LogP contribution in [-0.4, -0.2) is 33.5 Å². The highest BCUT2D eigenvalue weighted by molar-refractivity contribution is 5.75. The van der Waals surface area contributed by atoms with Crippen LogP contribution in [0.2, 0.25) is 0 Å². The van der Waals surface area contributed by atoms with Gasteiger partial charge in [0.2, 0.25) is 23.4 Å². The number of hydrogen-bond donors (Lipinski definition) is 2. The second-order valence-corrected chi connectivity index (χ2v) is 7.06. The first-order valence-corrected chi connectivity index (χ1v) is 9.47. The van der Waals surface area contributed by atoms with E-state index in [4.69, 9.17) is 19.0 Å². The number of amides is 1. The van der Waals surface area contributed by atoms with Crippen molar-refractivity contribution in [2.75, 3.05) is 7.11 Å². The van der Waals surface area contributed by atoms with Gasteiger partial charge in [0.25, 0.3) is 5.88 Å². The third kappa shape index (κ3) is 5.29. The van der Waals surface area contributed by atoms with Gasteiger partial charge in [-0.3, -0.25) is 10.0 Å². The van der Waals surface area contributed by atoms with Crippen LogP contribution in [0.15, 0.2) is 15.1 Å². The van der Waals surface area contributed by atoms with Gasteiger partial charge in [-0.1, -0.05) is 50.1 Å². The molecule has 1 unspecified atom stereocenters. The lowest BCUT2D eigenvalue weighted by atomic mass is 9.84. The van der Waals surface area contributed by atoms with Crippen molar-refractivity contribution in [2.24, 2.45) is 5.92 Å². The highest BCUT2D eigenvalue weighted by Crippen LogP contribution is 2.32. The van der Waals surface area contributed by atoms with Gasteiger partial charge in [-0.05, 0) is 17.5 Å². The SMILES string of the molecule is COc1cc(-c2noc(C(CCCC3CCCCC3)CC(=O)NO)n2)on1. The molecule has 0 spiro atoms. The maximum atomic E-state index is 11.7. The van der Waals surface area contributed by atoms with Crippen molar-refractivity contribution in [3.8, 4) is 17.5 Å². The maximum Gasteiger partial charge on any atom is 0.254 e. The van der Waals surface area contributed by atoms with Crippen molar-refractivity contribution < 1.29 is 23.8 Å². The summed E-state index contributed by atoms with van der Waals surface area (Å²) in [5.41, 5.74) is 1.68. The van der Waals surface area contributed by atoms with Crippen molar-refractivity contribution >= 4 is 5.91 Å². The summed E-state index contributed by atoms with van der Waals surface area (Å²) < 4.78 is 15.5. The summed E-state index contributed by atoms with van der Waals surface area (Å²) in [6.45, 7) is 0. The van der Waals surface area contributed by atoms with Crippen LogP contribution in [0, 0.1) is 5.92 Å². The van der Waals surface area contributed by atoms with E-state index in [-0.39, 0.29) is 18.2 Å². The summed E-state index contributed by atoms with van der Waals surface area (Å²) >= 11 is 0. The summed E-state index contributed by atoms with van der Waals surface area (Å²) in [7, 11) is 1.49. The number of hydroxylamine groups is 1. The van der Waals surface area contributed by atoms with E-state index >= 15 is 0 Å². The number of hydrogen-bond acceptors (Lipinski definition) is 8. The molecule has 0 aromatic carbocycles. The molecule has 1 amide bonds. The van der Waals surface area contributed by atoms with Gasteiger partial charge in [0.05, 0.1) is 13.2 Å². The maximum absolute atomic E-state index is 11.7. The fraction of sp³-hybridized carbons (Fsp3) is 0.667. The highest BCUT2D eigenvalue weighted by atomic mass is 16.5. The Kier molecular flexibility index (Phi) is 6.80. The molecule has 148 valence electrons. The average Bonchev–Trinajstić information content (AvgIpc) is 3.37. The predicted octanol–water partition coefficient (Wildman–Crippen LogP) is 3.46. The molecular formula is C18H26N4O5. The molecule has 0 saturated heterocycles. The van der Waals surface area contributed by atoms with Gasteiger partial charge < -0.3 is 13.8 Å². The topological polar surface area (TPSA) is 124 Å². The van der Waals surface area contributed by atoms with Gasteiger partial charge in [0, 0.05) is 12.3 Å². The van der Waals surface area contributed by atoms with Gasteiger partial charge in [-0.25, -0.2) is 5.48 Å². The molecule has 0 radical (unpaired) electrons. The minimum atomic E-state index is -0.473. The molecule has 3 rings (SSSR count). The lowest BCUT2D eigenvalue weighted by Crippen LogP contribution is -2.21. The summed E-state index contributed by atoms with van der Waals surface area (Å²) in [4.78, 5) is 16.0. The molecule has 2 aromatic heterocycles. The number of aromatic nitrogens is 3. The number of nitrogens with zero attached hydrogens (tertiary/aromatic N) is 3. The lowest BCUT2D eigenvalue weighted by Gasteiger charge is -2.22. The van der Waals surface area contributed by atoms with E-state index in [0.717, 1.165) is 25.2 Å². The summed E-state index contributed by atoms with van der Waals surface area (Å²) in [6, 6.07) is 1.56. The quantitative estimate of drug-likeness (QED) is 0.502. The van der Waals surface area contributed by atoms with Gasteiger partial charge in [-0.2, -0.15) is 4.98 Å². The Hall–Kier alpha value is -2.42. The predicted molar refractivity (Wildman–Crippen MR) is 94.1 cm³/mol. The van der Waals surface area contributed by atoms with Gasteiger partial charge >= 0.3 is 0 Å². The van der Waals surface area contributed by atoms with E-state index in [1.165, 1.54) is 39.2 Å². The Labute approximate surface area is 157 Å². The molecule has 9 heteroatoms. The summed E-state index contributed by atoms with van der Waals surface area (Å²) in [5.74, 6) is 1.29. The number of methoxy groups -OCH3 is 1. The number of carbonyl (C=O) groups is 1. The molecular weight excluding hydrogens is 352 g/mol. The summed E-state index contributed by atoms with van der Waals surface area (Å²) in [5, 5.41) is 16.5. The molecule has 1 aliphatic rings. The van der Waals surface area contributed by atoms with Crippen LogP contribution in [0.1, 0.15) is 69.6 Å². The standard InChI is InChI=1S/C18H26N4O5/c1-25-16-11-14(26-21-16)17-19-18(27-22-17)13(10-15(23)20-24)9-5-8-12-6-3-2-4-7-12/h11-13,24H,2-10H2,1H3,(H,20,23). The van der Waals surface area contributed by atoms with E-state index < -0.39 is 5.91 Å². The van der Waals surface area contributed by atoms with Crippen LogP contribution in [0.4, 0.5) is 0 Å². The number of carbonyl (C=O) groups excluding carboxylic acids is 1. The number of ether oxygens (including phenoxy) is 1. The van der Waals surface area contributed by atoms with Gasteiger partial charge in [0.15, 0.2) is 0 Å². The van der Waals surface area contributed by atoms with Crippen molar-refractivity contribution in [3.63, 3.8) is 0 Å². The first-order chi connectivity index (χ1) is 13.2. The van der Waals surface area contributed by atoms with Crippen LogP contribution in [0.3, 0.4) is 0 Å². The number of rotatable bonds is 9. The Morgan fingerprint density at radius 1 is 1.33 bits per heavy atom. The van der Waals surface area contributed by atoms with Crippen LogP contribution in [-0.2, 0) is 4.79 Å². The van der Waals surface area contributed by atoms with Crippen LogP contribution < -0.4 is 10.2 Å². The Bertz CT molecular complexity index is 723. The lowest BCUT2D eigenvalue weighted by molar-refractivity contribution is -0.129. The first-order valence-electron chi connectivity index (χ1n) is 9.47. The normalized spacial score (nSPS) is 16.2. The molecule has 2 heterocycles. The van der Waals surface area contributed by atoms with Gasteiger partial charge in [0.1, 0.15) is 0 Å². The molecule has 1 aliphatic carbocycles. The molecule has 2 aromatic rings. The monoisotopic (exact) mass is 378 g/mol. The van der Waals surface area contributed by atoms with Crippen molar-refractivity contribution in [3.05, 3.63) is 12.0 Å². The third-order valence-electron chi connectivity index (χ3n) is 5.16. The zero-order chi connectivity index (χ0) is 19.1. The minimum absolute atomic E-state index is 0.0858. The molecule has 1 fully saturated rings. The number of nitrogens with one attached hydrogen (secondary N) is 1. The first kappa shape index (κ1) is 19.3. The fourth-order valence-electron chi connectivity index (χ4n) is 3.67. The molecule has 27 heavy (non-hydrogen) atoms. The van der Waals surface area contributed by atoms with Crippen LogP contribution >= 0.6 is 0 Å². The molecule has 1 saturated carbocycles. The molecule has 9 nitrogen and oxygen atoms in total. The zero-order valence-corrected chi connectivity index (χ0v) is 15.5. The smallest absolute Gasteiger partial charge is 0.254 e. The van der Waals surface area contributed by atoms with E-state index in [1.807, 2.05) is 0 Å². The van der Waals surface area contributed by atoms with Crippen molar-refractivity contribution in [1.29, 1.82) is 0 Å². The second-order valence-electron chi connectivity index (χ2n) is 7.06. The van der Waals surface area contributed by atoms with E-state index in [1.54, 1.807) is 11.5 Å².